The van der Waals surface area contributed by atoms with Crippen molar-refractivity contribution in [1.82, 2.24) is 14.1 Å². The number of carbonyl (C=O) groups is 2. The lowest BCUT2D eigenvalue weighted by Crippen LogP contribution is -2.53. The van der Waals surface area contributed by atoms with Gasteiger partial charge >= 0.3 is 0 Å². The van der Waals surface area contributed by atoms with Crippen molar-refractivity contribution in [2.24, 2.45) is 5.92 Å². The molecule has 0 saturated carbocycles. The molecule has 0 unspecified atom stereocenters. The van der Waals surface area contributed by atoms with E-state index in [1.165, 1.54) is 16.4 Å². The van der Waals surface area contributed by atoms with E-state index in [4.69, 9.17) is 0 Å². The third-order valence-corrected chi connectivity index (χ3v) is 9.19. The lowest BCUT2D eigenvalue weighted by atomic mass is 9.97. The Kier molecular flexibility index (Phi) is 6.88. The van der Waals surface area contributed by atoms with Crippen LogP contribution in [0.25, 0.3) is 0 Å². The van der Waals surface area contributed by atoms with Crippen LogP contribution in [0, 0.1) is 11.7 Å². The minimum Gasteiger partial charge on any atom is -0.341 e. The number of benzene rings is 1. The molecule has 1 aromatic carbocycles. The normalized spacial score (nSPS) is 25.6. The maximum absolute atomic E-state index is 13.3. The summed E-state index contributed by atoms with van der Waals surface area (Å²) in [6.07, 6.45) is 4.30. The first kappa shape index (κ1) is 22.5. The van der Waals surface area contributed by atoms with Crippen molar-refractivity contribution in [3.63, 3.8) is 0 Å². The summed E-state index contributed by atoms with van der Waals surface area (Å²) in [6, 6.07) is 4.29. The van der Waals surface area contributed by atoms with Crippen LogP contribution in [0.2, 0.25) is 0 Å². The number of amides is 2. The second kappa shape index (κ2) is 9.46. The number of nitrogens with zero attached hydrogens (tertiary/aromatic N) is 3. The number of hydrogen-bond donors (Lipinski definition) is 0. The third kappa shape index (κ3) is 4.75. The summed E-state index contributed by atoms with van der Waals surface area (Å²) in [5.74, 6) is -0.0414. The second-order valence-electron chi connectivity index (χ2n) is 8.37. The van der Waals surface area contributed by atoms with Crippen LogP contribution in [0.15, 0.2) is 29.2 Å². The Hall–Kier alpha value is -1.65. The standard InChI is InChI=1S/C21H28FN3O4S2/c22-17-6-8-18(9-7-17)31(28,29)24-12-4-5-16(13-24)20(26)25-15-30-14-19(25)21(27)23-10-2-1-3-11-23/h6-9,16,19H,1-5,10-15H2/t16-,19-/m0/s1. The highest BCUT2D eigenvalue weighted by molar-refractivity contribution is 7.99. The number of piperidine rings is 2. The summed E-state index contributed by atoms with van der Waals surface area (Å²) in [7, 11) is -3.80. The van der Waals surface area contributed by atoms with Gasteiger partial charge in [-0.25, -0.2) is 12.8 Å². The molecule has 31 heavy (non-hydrogen) atoms. The molecule has 3 fully saturated rings. The number of rotatable bonds is 4. The van der Waals surface area contributed by atoms with Crippen LogP contribution in [0.3, 0.4) is 0 Å². The van der Waals surface area contributed by atoms with Crippen LogP contribution in [-0.2, 0) is 19.6 Å². The molecular formula is C21H28FN3O4S2. The van der Waals surface area contributed by atoms with E-state index in [-0.39, 0.29) is 23.3 Å². The van der Waals surface area contributed by atoms with E-state index < -0.39 is 27.8 Å². The Morgan fingerprint density at radius 2 is 1.68 bits per heavy atom. The summed E-state index contributed by atoms with van der Waals surface area (Å²) < 4.78 is 40.5. The van der Waals surface area contributed by atoms with Crippen LogP contribution in [0.4, 0.5) is 4.39 Å². The molecule has 0 spiro atoms. The number of carbonyl (C=O) groups excluding carboxylic acids is 2. The monoisotopic (exact) mass is 469 g/mol. The fourth-order valence-corrected chi connectivity index (χ4v) is 7.22. The van der Waals surface area contributed by atoms with Crippen LogP contribution in [0.1, 0.15) is 32.1 Å². The van der Waals surface area contributed by atoms with Gasteiger partial charge in [-0.15, -0.1) is 11.8 Å². The van der Waals surface area contributed by atoms with E-state index in [1.807, 2.05) is 4.90 Å². The van der Waals surface area contributed by atoms with Crippen LogP contribution < -0.4 is 0 Å². The molecule has 2 amide bonds. The molecule has 3 aliphatic heterocycles. The van der Waals surface area contributed by atoms with Gasteiger partial charge in [0.25, 0.3) is 0 Å². The first-order valence-electron chi connectivity index (χ1n) is 10.8. The van der Waals surface area contributed by atoms with Gasteiger partial charge in [0.15, 0.2) is 0 Å². The molecule has 10 heteroatoms. The molecule has 1 aromatic rings. The predicted octanol–water partition coefficient (Wildman–Crippen LogP) is 2.14. The summed E-state index contributed by atoms with van der Waals surface area (Å²) in [6.45, 7) is 1.91. The van der Waals surface area contributed by atoms with E-state index >= 15 is 0 Å². The first-order valence-corrected chi connectivity index (χ1v) is 13.4. The number of sulfonamides is 1. The summed E-state index contributed by atoms with van der Waals surface area (Å²) in [4.78, 5) is 29.9. The van der Waals surface area contributed by atoms with Crippen LogP contribution >= 0.6 is 11.8 Å². The highest BCUT2D eigenvalue weighted by Crippen LogP contribution is 2.30. The SMILES string of the molecule is O=C([C@@H]1CSCN1C(=O)[C@H]1CCCN(S(=O)(=O)c2ccc(F)cc2)C1)N1CCCCC1. The smallest absolute Gasteiger partial charge is 0.246 e. The number of likely N-dealkylation sites (tertiary alicyclic amines) is 1. The highest BCUT2D eigenvalue weighted by Gasteiger charge is 2.42. The predicted molar refractivity (Wildman–Crippen MR) is 116 cm³/mol. The zero-order chi connectivity index (χ0) is 22.0. The average molecular weight is 470 g/mol. The lowest BCUT2D eigenvalue weighted by molar-refractivity contribution is -0.146. The molecule has 4 rings (SSSR count). The zero-order valence-electron chi connectivity index (χ0n) is 17.4. The van der Waals surface area contributed by atoms with Gasteiger partial charge in [0.2, 0.25) is 21.8 Å². The molecule has 0 aromatic heterocycles. The lowest BCUT2D eigenvalue weighted by Gasteiger charge is -2.36. The maximum atomic E-state index is 13.3. The molecule has 0 N–H and O–H groups in total. The first-order chi connectivity index (χ1) is 14.9. The van der Waals surface area contributed by atoms with Gasteiger partial charge in [0.05, 0.1) is 16.7 Å². The van der Waals surface area contributed by atoms with Gasteiger partial charge in [-0.2, -0.15) is 4.31 Å². The molecule has 3 heterocycles. The third-order valence-electron chi connectivity index (χ3n) is 6.30. The fourth-order valence-electron chi connectivity index (χ4n) is 4.54. The number of halogens is 1. The van der Waals surface area contributed by atoms with Crippen molar-refractivity contribution < 1.29 is 22.4 Å². The van der Waals surface area contributed by atoms with Gasteiger partial charge < -0.3 is 9.80 Å². The zero-order valence-corrected chi connectivity index (χ0v) is 19.0. The Morgan fingerprint density at radius 3 is 2.39 bits per heavy atom. The van der Waals surface area contributed by atoms with E-state index in [9.17, 15) is 22.4 Å². The van der Waals surface area contributed by atoms with E-state index in [1.54, 1.807) is 16.7 Å². The van der Waals surface area contributed by atoms with E-state index in [2.05, 4.69) is 0 Å². The Morgan fingerprint density at radius 1 is 0.968 bits per heavy atom. The topological polar surface area (TPSA) is 78.0 Å². The second-order valence-corrected chi connectivity index (χ2v) is 11.3. The van der Waals surface area contributed by atoms with Gasteiger partial charge in [0, 0.05) is 31.9 Å². The van der Waals surface area contributed by atoms with Gasteiger partial charge in [-0.1, -0.05) is 0 Å². The molecule has 3 aliphatic rings. The summed E-state index contributed by atoms with van der Waals surface area (Å²) in [5.41, 5.74) is 0. The van der Waals surface area contributed by atoms with Gasteiger partial charge in [0.1, 0.15) is 11.9 Å². The number of hydrogen-bond acceptors (Lipinski definition) is 5. The Bertz CT molecular complexity index is 919. The van der Waals surface area contributed by atoms with Gasteiger partial charge in [-0.3, -0.25) is 9.59 Å². The largest absolute Gasteiger partial charge is 0.341 e. The molecule has 7 nitrogen and oxygen atoms in total. The maximum Gasteiger partial charge on any atom is 0.246 e. The van der Waals surface area contributed by atoms with Crippen molar-refractivity contribution >= 4 is 33.6 Å². The van der Waals surface area contributed by atoms with Gasteiger partial charge in [-0.05, 0) is 56.4 Å². The van der Waals surface area contributed by atoms with Crippen LogP contribution in [0.5, 0.6) is 0 Å². The molecule has 170 valence electrons. The van der Waals surface area contributed by atoms with E-state index in [0.29, 0.717) is 31.0 Å². The quantitative estimate of drug-likeness (QED) is 0.675. The summed E-state index contributed by atoms with van der Waals surface area (Å²) in [5, 5.41) is 0. The minimum absolute atomic E-state index is 0.0182. The van der Waals surface area contributed by atoms with Crippen molar-refractivity contribution in [3.05, 3.63) is 30.1 Å². The molecule has 0 bridgehead atoms. The van der Waals surface area contributed by atoms with Crippen LogP contribution in [-0.4, -0.2) is 78.2 Å². The molecule has 3 saturated heterocycles. The van der Waals surface area contributed by atoms with Crippen molar-refractivity contribution in [2.75, 3.05) is 37.8 Å². The Labute approximate surface area is 187 Å². The van der Waals surface area contributed by atoms with E-state index in [0.717, 1.165) is 44.5 Å². The van der Waals surface area contributed by atoms with Crippen molar-refractivity contribution in [1.29, 1.82) is 0 Å². The summed E-state index contributed by atoms with van der Waals surface area (Å²) >= 11 is 1.57. The molecular weight excluding hydrogens is 441 g/mol. The fraction of sp³-hybridized carbons (Fsp3) is 0.619. The molecule has 0 aliphatic carbocycles. The highest BCUT2D eigenvalue weighted by atomic mass is 32.2. The molecule has 0 radical (unpaired) electrons. The Balaban J connectivity index is 1.45. The number of thioether (sulfide) groups is 1. The molecule has 2 atom stereocenters. The minimum atomic E-state index is -3.80. The van der Waals surface area contributed by atoms with Crippen molar-refractivity contribution in [2.45, 2.75) is 43.0 Å². The van der Waals surface area contributed by atoms with Crippen molar-refractivity contribution in [3.8, 4) is 0 Å². The average Bonchev–Trinajstić information content (AvgIpc) is 3.29.